The van der Waals surface area contributed by atoms with Crippen molar-refractivity contribution >= 4 is 24.4 Å². The van der Waals surface area contributed by atoms with E-state index in [0.29, 0.717) is 0 Å². The molecule has 13 heteroatoms. The second-order valence-corrected chi connectivity index (χ2v) is 11.0. The van der Waals surface area contributed by atoms with Crippen molar-refractivity contribution in [3.05, 3.63) is 120 Å². The maximum Gasteiger partial charge on any atom is 2.00 e. The quantitative estimate of drug-likeness (QED) is 0.0653. The van der Waals surface area contributed by atoms with Crippen molar-refractivity contribution in [1.82, 2.24) is 14.9 Å². The zero-order valence-electron chi connectivity index (χ0n) is 22.9. The normalized spacial score (nSPS) is 13.7. The smallest absolute Gasteiger partial charge is 2.00 e. The molecule has 4 aromatic rings. The SMILES string of the molecule is CC(=O)/C=C(/C)[O-].C[C@@H](c1cccc2ccccc12)N(Cc1ccccn1)Cc1ccccn1.F[P-](F)(F)(F)(F)F.[Cu+2]. The molecule has 1 atom stereocenters. The van der Waals surface area contributed by atoms with E-state index in [1.807, 2.05) is 36.7 Å². The molecule has 42 heavy (non-hydrogen) atoms. The summed E-state index contributed by atoms with van der Waals surface area (Å²) in [5.74, 6) is -0.375. The number of carbonyl (C=O) groups excluding carboxylic acids is 1. The topological polar surface area (TPSA) is 69.2 Å². The van der Waals surface area contributed by atoms with E-state index in [9.17, 15) is 35.1 Å². The van der Waals surface area contributed by atoms with Gasteiger partial charge in [-0.3, -0.25) is 19.7 Å². The molecule has 2 aromatic heterocycles. The van der Waals surface area contributed by atoms with E-state index in [4.69, 9.17) is 0 Å². The van der Waals surface area contributed by atoms with Crippen LogP contribution in [0.1, 0.15) is 43.8 Å². The number of halogens is 6. The van der Waals surface area contributed by atoms with Crippen LogP contribution in [-0.2, 0) is 35.0 Å². The number of pyridine rings is 2. The number of nitrogens with zero attached hydrogens (tertiary/aromatic N) is 3. The van der Waals surface area contributed by atoms with Gasteiger partial charge >= 0.3 is 50.1 Å². The number of benzene rings is 2. The molecule has 0 fully saturated rings. The Labute approximate surface area is 251 Å². The van der Waals surface area contributed by atoms with E-state index in [0.717, 1.165) is 30.6 Å². The van der Waals surface area contributed by atoms with Gasteiger partial charge in [-0.25, -0.2) is 0 Å². The Balaban J connectivity index is 0.000000492. The molecule has 2 aromatic carbocycles. The molecule has 2 heterocycles. The Bertz CT molecular complexity index is 1400. The molecule has 0 aliphatic rings. The predicted molar refractivity (Wildman–Crippen MR) is 148 cm³/mol. The summed E-state index contributed by atoms with van der Waals surface area (Å²) in [6.07, 6.45) is 4.77. The van der Waals surface area contributed by atoms with Crippen LogP contribution >= 0.6 is 7.81 Å². The van der Waals surface area contributed by atoms with Gasteiger partial charge in [-0.15, -0.1) is 5.76 Å². The number of hydrogen-bond donors (Lipinski definition) is 0. The van der Waals surface area contributed by atoms with Gasteiger partial charge in [0, 0.05) is 31.5 Å². The molecule has 0 saturated heterocycles. The third kappa shape index (κ3) is 16.2. The second-order valence-electron chi connectivity index (χ2n) is 9.12. The summed E-state index contributed by atoms with van der Waals surface area (Å²) < 4.78 is 59.2. The molecule has 0 bridgehead atoms. The molecule has 0 saturated carbocycles. The Kier molecular flexibility index (Phi) is 12.9. The van der Waals surface area contributed by atoms with Crippen molar-refractivity contribution in [1.29, 1.82) is 0 Å². The van der Waals surface area contributed by atoms with Gasteiger partial charge in [-0.05, 0) is 60.5 Å². The predicted octanol–water partition coefficient (Wildman–Crippen LogP) is 8.61. The molecule has 231 valence electrons. The minimum Gasteiger partial charge on any atom is 2.00 e. The van der Waals surface area contributed by atoms with Crippen LogP contribution in [0.4, 0.5) is 25.2 Å². The molecule has 1 radical (unpaired) electrons. The van der Waals surface area contributed by atoms with Crippen LogP contribution in [-0.4, -0.2) is 20.7 Å². The largest absolute Gasteiger partial charge is 2.00 e. The van der Waals surface area contributed by atoms with Gasteiger partial charge in [0.15, 0.2) is 5.78 Å². The number of rotatable bonds is 7. The van der Waals surface area contributed by atoms with Gasteiger partial charge in [0.05, 0.1) is 11.4 Å². The molecule has 0 N–H and O–H groups in total. The van der Waals surface area contributed by atoms with Crippen molar-refractivity contribution in [2.45, 2.75) is 39.9 Å². The summed E-state index contributed by atoms with van der Waals surface area (Å²) in [7, 11) is -10.7. The molecule has 0 spiro atoms. The van der Waals surface area contributed by atoms with Crippen LogP contribution in [0, 0.1) is 0 Å². The third-order valence-electron chi connectivity index (χ3n) is 5.41. The monoisotopic (exact) mass is 660 g/mol. The summed E-state index contributed by atoms with van der Waals surface area (Å²) >= 11 is 0. The van der Waals surface area contributed by atoms with E-state index in [2.05, 4.69) is 76.4 Å². The zero-order chi connectivity index (χ0) is 30.7. The zero-order valence-corrected chi connectivity index (χ0v) is 24.7. The van der Waals surface area contributed by atoms with E-state index in [1.165, 1.54) is 30.2 Å². The molecule has 4 rings (SSSR count). The summed E-state index contributed by atoms with van der Waals surface area (Å²) in [6.45, 7) is 6.53. The minimum atomic E-state index is -10.7. The number of allylic oxidation sites excluding steroid dienone is 2. The third-order valence-corrected chi connectivity index (χ3v) is 5.41. The Hall–Kier alpha value is -3.30. The fraction of sp³-hybridized carbons (Fsp3) is 0.207. The van der Waals surface area contributed by atoms with Gasteiger partial charge in [0.2, 0.25) is 0 Å². The molecule has 0 amide bonds. The molecular weight excluding hydrogens is 631 g/mol. The number of carbonyl (C=O) groups is 1. The standard InChI is InChI=1S/C24H23N3.C5H8O2.Cu.F6P/c1-19(23-14-8-10-20-9-2-3-13-24(20)23)27(17-21-11-4-6-15-25-21)18-22-12-5-7-16-26-22;1-4(6)3-5(2)7;;1-7(2,3,4,5)6/h2-16,19H,17-18H2,1H3;3,6H,1-2H3;;/q;;+2;-1/p-1/b;4-3-;;/t19-;;;/m0.../s1. The van der Waals surface area contributed by atoms with Gasteiger partial charge in [0.1, 0.15) is 0 Å². The maximum absolute atomic E-state index is 10.7. The number of ketones is 1. The van der Waals surface area contributed by atoms with Gasteiger partial charge in [0.25, 0.3) is 0 Å². The number of aromatic nitrogens is 2. The first-order valence-corrected chi connectivity index (χ1v) is 14.4. The molecule has 0 aliphatic heterocycles. The van der Waals surface area contributed by atoms with E-state index >= 15 is 0 Å². The molecular formula is C29H30CuF6N3O2P. The fourth-order valence-corrected chi connectivity index (χ4v) is 3.83. The van der Waals surface area contributed by atoms with Gasteiger partial charge < -0.3 is 5.11 Å². The van der Waals surface area contributed by atoms with Crippen molar-refractivity contribution in [2.24, 2.45) is 0 Å². The van der Waals surface area contributed by atoms with Crippen molar-refractivity contribution in [3.8, 4) is 0 Å². The van der Waals surface area contributed by atoms with Crippen molar-refractivity contribution < 1.29 is 52.2 Å². The first-order chi connectivity index (χ1) is 18.9. The summed E-state index contributed by atoms with van der Waals surface area (Å²) in [5.41, 5.74) is 3.47. The van der Waals surface area contributed by atoms with Crippen LogP contribution in [0.5, 0.6) is 0 Å². The van der Waals surface area contributed by atoms with Crippen molar-refractivity contribution in [3.63, 3.8) is 0 Å². The summed E-state index contributed by atoms with van der Waals surface area (Å²) in [5, 5.41) is 12.6. The Morgan fingerprint density at radius 2 is 1.26 bits per heavy atom. The van der Waals surface area contributed by atoms with Crippen LogP contribution < -0.4 is 5.11 Å². The van der Waals surface area contributed by atoms with Crippen LogP contribution in [0.25, 0.3) is 10.8 Å². The second kappa shape index (κ2) is 14.7. The van der Waals surface area contributed by atoms with Gasteiger partial charge in [-0.2, -0.15) is 0 Å². The summed E-state index contributed by atoms with van der Waals surface area (Å²) in [6, 6.07) is 27.6. The Morgan fingerprint density at radius 1 is 0.810 bits per heavy atom. The number of hydrogen-bond acceptors (Lipinski definition) is 5. The average Bonchev–Trinajstić information content (AvgIpc) is 2.86. The maximum atomic E-state index is 9.98. The van der Waals surface area contributed by atoms with E-state index in [-0.39, 0.29) is 34.7 Å². The van der Waals surface area contributed by atoms with E-state index < -0.39 is 7.81 Å². The van der Waals surface area contributed by atoms with Crippen LogP contribution in [0.2, 0.25) is 0 Å². The van der Waals surface area contributed by atoms with Crippen molar-refractivity contribution in [2.75, 3.05) is 0 Å². The fourth-order valence-electron chi connectivity index (χ4n) is 3.83. The Morgan fingerprint density at radius 3 is 1.67 bits per heavy atom. The molecule has 0 unspecified atom stereocenters. The van der Waals surface area contributed by atoms with Crippen LogP contribution in [0.3, 0.4) is 0 Å². The molecule has 0 aliphatic carbocycles. The average molecular weight is 661 g/mol. The summed E-state index contributed by atoms with van der Waals surface area (Å²) in [4.78, 5) is 21.5. The first kappa shape index (κ1) is 36.7. The van der Waals surface area contributed by atoms with E-state index in [1.54, 1.807) is 0 Å². The molecule has 5 nitrogen and oxygen atoms in total. The first-order valence-electron chi connectivity index (χ1n) is 12.3. The number of fused-ring (bicyclic) bond motifs is 1. The van der Waals surface area contributed by atoms with Gasteiger partial charge in [-0.1, -0.05) is 61.5 Å². The van der Waals surface area contributed by atoms with Crippen LogP contribution in [0.15, 0.2) is 103 Å². The minimum absolute atomic E-state index is 0.